The smallest absolute Gasteiger partial charge is 0.338 e. The van der Waals surface area contributed by atoms with Gasteiger partial charge >= 0.3 is 11.9 Å². The molecule has 2 aromatic carbocycles. The van der Waals surface area contributed by atoms with E-state index in [0.717, 1.165) is 24.3 Å². The van der Waals surface area contributed by atoms with Crippen LogP contribution in [-0.2, 0) is 12.7 Å². The molecule has 0 saturated heterocycles. The first kappa shape index (κ1) is 23.9. The molecule has 0 unspecified atom stereocenters. The summed E-state index contributed by atoms with van der Waals surface area (Å²) < 4.78 is 54.8. The summed E-state index contributed by atoms with van der Waals surface area (Å²) in [7, 11) is 0. The summed E-state index contributed by atoms with van der Waals surface area (Å²) >= 11 is 0. The van der Waals surface area contributed by atoms with Crippen LogP contribution in [0.15, 0.2) is 58.1 Å². The SMILES string of the molecule is CCN(CC)C(=O)c1nn(-c2ccccc2F)c(=O)n(Cc2cccc(C(F)(F)F)c2)c1=O. The van der Waals surface area contributed by atoms with E-state index in [2.05, 4.69) is 5.10 Å². The first-order valence-electron chi connectivity index (χ1n) is 10.0. The third kappa shape index (κ3) is 4.86. The number of hydrogen-bond acceptors (Lipinski definition) is 4. The van der Waals surface area contributed by atoms with Crippen LogP contribution in [0.4, 0.5) is 17.6 Å². The quantitative estimate of drug-likeness (QED) is 0.526. The molecule has 7 nitrogen and oxygen atoms in total. The maximum Gasteiger partial charge on any atom is 0.416 e. The van der Waals surface area contributed by atoms with E-state index in [1.165, 1.54) is 29.2 Å². The molecule has 0 atom stereocenters. The van der Waals surface area contributed by atoms with Crippen molar-refractivity contribution in [1.82, 2.24) is 19.2 Å². The molecule has 0 aliphatic rings. The highest BCUT2D eigenvalue weighted by atomic mass is 19.4. The highest BCUT2D eigenvalue weighted by Gasteiger charge is 2.30. The molecule has 0 N–H and O–H groups in total. The lowest BCUT2D eigenvalue weighted by Gasteiger charge is -2.19. The number of aromatic nitrogens is 3. The van der Waals surface area contributed by atoms with Gasteiger partial charge in [-0.15, -0.1) is 0 Å². The van der Waals surface area contributed by atoms with E-state index in [9.17, 15) is 31.9 Å². The van der Waals surface area contributed by atoms with Crippen molar-refractivity contribution < 1.29 is 22.4 Å². The van der Waals surface area contributed by atoms with Gasteiger partial charge in [0.05, 0.1) is 12.1 Å². The van der Waals surface area contributed by atoms with Crippen LogP contribution in [-0.4, -0.2) is 38.2 Å². The third-order valence-electron chi connectivity index (χ3n) is 4.99. The Bertz CT molecular complexity index is 1290. The number of carbonyl (C=O) groups is 1. The van der Waals surface area contributed by atoms with Crippen LogP contribution in [0.1, 0.15) is 35.5 Å². The van der Waals surface area contributed by atoms with Gasteiger partial charge in [-0.1, -0.05) is 24.3 Å². The van der Waals surface area contributed by atoms with Gasteiger partial charge in [0.1, 0.15) is 11.5 Å². The Labute approximate surface area is 185 Å². The molecule has 1 heterocycles. The lowest BCUT2D eigenvalue weighted by molar-refractivity contribution is -0.137. The van der Waals surface area contributed by atoms with Crippen LogP contribution in [0.2, 0.25) is 0 Å². The van der Waals surface area contributed by atoms with Crippen molar-refractivity contribution in [3.05, 3.63) is 92.0 Å². The van der Waals surface area contributed by atoms with Crippen LogP contribution in [0, 0.1) is 5.82 Å². The molecule has 1 amide bonds. The van der Waals surface area contributed by atoms with Crippen molar-refractivity contribution in [2.24, 2.45) is 0 Å². The maximum absolute atomic E-state index is 14.4. The molecule has 11 heteroatoms. The van der Waals surface area contributed by atoms with Gasteiger partial charge in [-0.2, -0.15) is 23.0 Å². The molecule has 0 aliphatic carbocycles. The number of amides is 1. The average molecular weight is 464 g/mol. The Hall–Kier alpha value is -3.76. The third-order valence-corrected chi connectivity index (χ3v) is 4.99. The second kappa shape index (κ2) is 9.39. The molecule has 3 aromatic rings. The summed E-state index contributed by atoms with van der Waals surface area (Å²) in [5, 5.41) is 3.84. The van der Waals surface area contributed by atoms with Gasteiger partial charge in [-0.25, -0.2) is 9.18 Å². The van der Waals surface area contributed by atoms with E-state index < -0.39 is 47.0 Å². The van der Waals surface area contributed by atoms with Gasteiger partial charge in [0.2, 0.25) is 5.69 Å². The van der Waals surface area contributed by atoms with Gasteiger partial charge in [-0.05, 0) is 43.7 Å². The Morgan fingerprint density at radius 2 is 1.70 bits per heavy atom. The fraction of sp³-hybridized carbons (Fsp3) is 0.273. The molecular weight excluding hydrogens is 444 g/mol. The Morgan fingerprint density at radius 1 is 1.03 bits per heavy atom. The monoisotopic (exact) mass is 464 g/mol. The number of nitrogens with zero attached hydrogens (tertiary/aromatic N) is 4. The molecule has 33 heavy (non-hydrogen) atoms. The highest BCUT2D eigenvalue weighted by molar-refractivity contribution is 5.91. The Morgan fingerprint density at radius 3 is 2.30 bits per heavy atom. The van der Waals surface area contributed by atoms with Crippen molar-refractivity contribution in [2.75, 3.05) is 13.1 Å². The van der Waals surface area contributed by atoms with Crippen LogP contribution in [0.25, 0.3) is 5.69 Å². The molecule has 0 bridgehead atoms. The molecule has 174 valence electrons. The number of alkyl halides is 3. The summed E-state index contributed by atoms with van der Waals surface area (Å²) in [6.45, 7) is 3.26. The molecule has 0 aliphatic heterocycles. The number of benzene rings is 2. The van der Waals surface area contributed by atoms with E-state index >= 15 is 0 Å². The lowest BCUT2D eigenvalue weighted by atomic mass is 10.1. The summed E-state index contributed by atoms with van der Waals surface area (Å²) in [4.78, 5) is 40.3. The number of rotatable bonds is 6. The van der Waals surface area contributed by atoms with Gasteiger partial charge in [0.15, 0.2) is 0 Å². The van der Waals surface area contributed by atoms with E-state index in [1.54, 1.807) is 13.8 Å². The van der Waals surface area contributed by atoms with Crippen molar-refractivity contribution >= 4 is 5.91 Å². The molecule has 0 radical (unpaired) electrons. The minimum Gasteiger partial charge on any atom is -0.338 e. The maximum atomic E-state index is 14.4. The molecule has 1 aromatic heterocycles. The minimum atomic E-state index is -4.63. The molecular formula is C22H20F4N4O3. The largest absolute Gasteiger partial charge is 0.416 e. The predicted molar refractivity (Wildman–Crippen MR) is 112 cm³/mol. The summed E-state index contributed by atoms with van der Waals surface area (Å²) in [5.41, 5.74) is -4.10. The van der Waals surface area contributed by atoms with Gasteiger partial charge in [0, 0.05) is 13.1 Å². The van der Waals surface area contributed by atoms with Crippen LogP contribution in [0.3, 0.4) is 0 Å². The molecule has 3 rings (SSSR count). The summed E-state index contributed by atoms with van der Waals surface area (Å²) in [5.74, 6) is -1.62. The Balaban J connectivity index is 2.25. The Kier molecular flexibility index (Phi) is 6.80. The highest BCUT2D eigenvalue weighted by Crippen LogP contribution is 2.29. The van der Waals surface area contributed by atoms with Gasteiger partial charge in [-0.3, -0.25) is 14.2 Å². The van der Waals surface area contributed by atoms with Crippen LogP contribution in [0.5, 0.6) is 0 Å². The second-order valence-corrected chi connectivity index (χ2v) is 7.06. The zero-order chi connectivity index (χ0) is 24.3. The van der Waals surface area contributed by atoms with Crippen molar-refractivity contribution in [3.8, 4) is 5.69 Å². The normalized spacial score (nSPS) is 11.5. The first-order chi connectivity index (χ1) is 15.6. The lowest BCUT2D eigenvalue weighted by Crippen LogP contribution is -2.47. The van der Waals surface area contributed by atoms with Crippen molar-refractivity contribution in [3.63, 3.8) is 0 Å². The standard InChI is InChI=1S/C22H20F4N4O3/c1-3-28(4-2)19(31)18-20(32)29(13-14-8-7-9-15(12-14)22(24,25)26)21(33)30(27-18)17-11-6-5-10-16(17)23/h5-12H,3-4,13H2,1-2H3. The van der Waals surface area contributed by atoms with E-state index in [-0.39, 0.29) is 24.3 Å². The van der Waals surface area contributed by atoms with Crippen molar-refractivity contribution in [2.45, 2.75) is 26.6 Å². The van der Waals surface area contributed by atoms with Gasteiger partial charge < -0.3 is 4.90 Å². The van der Waals surface area contributed by atoms with E-state index in [0.29, 0.717) is 9.25 Å². The second-order valence-electron chi connectivity index (χ2n) is 7.06. The average Bonchev–Trinajstić information content (AvgIpc) is 2.78. The summed E-state index contributed by atoms with van der Waals surface area (Å²) in [6.07, 6.45) is -4.63. The zero-order valence-corrected chi connectivity index (χ0v) is 17.8. The van der Waals surface area contributed by atoms with E-state index in [4.69, 9.17) is 0 Å². The van der Waals surface area contributed by atoms with Crippen LogP contribution < -0.4 is 11.2 Å². The number of hydrogen-bond donors (Lipinski definition) is 0. The molecule has 0 fully saturated rings. The number of para-hydroxylation sites is 1. The number of halogens is 4. The van der Waals surface area contributed by atoms with E-state index in [1.807, 2.05) is 0 Å². The predicted octanol–water partition coefficient (Wildman–Crippen LogP) is 3.08. The topological polar surface area (TPSA) is 77.2 Å². The minimum absolute atomic E-state index is 0.00320. The fourth-order valence-corrected chi connectivity index (χ4v) is 3.26. The first-order valence-corrected chi connectivity index (χ1v) is 10.0. The van der Waals surface area contributed by atoms with Gasteiger partial charge in [0.25, 0.3) is 11.5 Å². The molecule has 0 spiro atoms. The zero-order valence-electron chi connectivity index (χ0n) is 17.8. The molecule has 0 saturated carbocycles. The van der Waals surface area contributed by atoms with Crippen LogP contribution >= 0.6 is 0 Å². The van der Waals surface area contributed by atoms with Crippen molar-refractivity contribution in [1.29, 1.82) is 0 Å². The fourth-order valence-electron chi connectivity index (χ4n) is 3.26. The number of carbonyl (C=O) groups excluding carboxylic acids is 1. The summed E-state index contributed by atoms with van der Waals surface area (Å²) in [6, 6.07) is 9.21.